The molecule has 1 aromatic carbocycles. The number of rotatable bonds is 4. The molecule has 0 radical (unpaired) electrons. The van der Waals surface area contributed by atoms with Crippen LogP contribution in [0.5, 0.6) is 0 Å². The smallest absolute Gasteiger partial charge is 0.0236 e. The van der Waals surface area contributed by atoms with E-state index in [1.165, 1.54) is 37.8 Å². The van der Waals surface area contributed by atoms with Crippen LogP contribution in [0, 0.1) is 5.41 Å². The van der Waals surface area contributed by atoms with E-state index in [-0.39, 0.29) is 0 Å². The number of nitrogens with zero attached hydrogens (tertiary/aromatic N) is 1. The lowest BCUT2D eigenvalue weighted by molar-refractivity contribution is 0.170. The minimum atomic E-state index is 0.477. The largest absolute Gasteiger partial charge is 0.330 e. The van der Waals surface area contributed by atoms with E-state index < -0.39 is 0 Å². The lowest BCUT2D eigenvalue weighted by Gasteiger charge is -2.31. The molecule has 3 rings (SSSR count). The van der Waals surface area contributed by atoms with Gasteiger partial charge in [0.1, 0.15) is 0 Å². The Kier molecular flexibility index (Phi) is 2.93. The Labute approximate surface area is 104 Å². The van der Waals surface area contributed by atoms with Crippen molar-refractivity contribution in [2.75, 3.05) is 13.1 Å². The van der Waals surface area contributed by atoms with E-state index >= 15 is 0 Å². The highest BCUT2D eigenvalue weighted by molar-refractivity contribution is 5.16. The van der Waals surface area contributed by atoms with Crippen LogP contribution in [0.25, 0.3) is 0 Å². The normalized spacial score (nSPS) is 27.2. The molecule has 17 heavy (non-hydrogen) atoms. The molecule has 1 aromatic rings. The van der Waals surface area contributed by atoms with Crippen LogP contribution in [0.2, 0.25) is 0 Å². The van der Waals surface area contributed by atoms with Crippen LogP contribution in [-0.2, 0) is 6.54 Å². The summed E-state index contributed by atoms with van der Waals surface area (Å²) in [5.74, 6) is 0. The molecule has 1 aliphatic carbocycles. The number of likely N-dealkylation sites (tertiary alicyclic amines) is 1. The Morgan fingerprint density at radius 2 is 2.00 bits per heavy atom. The molecule has 92 valence electrons. The SMILES string of the molecule is NCC1(C2CCCN2Cc2ccccc2)CC1. The van der Waals surface area contributed by atoms with Gasteiger partial charge < -0.3 is 5.73 Å². The number of nitrogens with two attached hydrogens (primary N) is 1. The molecule has 2 nitrogen and oxygen atoms in total. The monoisotopic (exact) mass is 230 g/mol. The summed E-state index contributed by atoms with van der Waals surface area (Å²) in [7, 11) is 0. The molecule has 1 saturated heterocycles. The van der Waals surface area contributed by atoms with Gasteiger partial charge in [0.15, 0.2) is 0 Å². The van der Waals surface area contributed by atoms with E-state index in [1.807, 2.05) is 0 Å². The second-order valence-corrected chi connectivity index (χ2v) is 5.68. The quantitative estimate of drug-likeness (QED) is 0.860. The molecule has 0 amide bonds. The van der Waals surface area contributed by atoms with Crippen LogP contribution in [-0.4, -0.2) is 24.0 Å². The first-order valence-electron chi connectivity index (χ1n) is 6.82. The fraction of sp³-hybridized carbons (Fsp3) is 0.600. The first kappa shape index (κ1) is 11.2. The van der Waals surface area contributed by atoms with Gasteiger partial charge in [-0.3, -0.25) is 4.90 Å². The topological polar surface area (TPSA) is 29.3 Å². The van der Waals surface area contributed by atoms with Crippen molar-refractivity contribution in [3.63, 3.8) is 0 Å². The lowest BCUT2D eigenvalue weighted by atomic mass is 9.94. The second kappa shape index (κ2) is 4.43. The Balaban J connectivity index is 1.70. The van der Waals surface area contributed by atoms with Gasteiger partial charge in [-0.2, -0.15) is 0 Å². The van der Waals surface area contributed by atoms with E-state index in [0.29, 0.717) is 5.41 Å². The third kappa shape index (κ3) is 2.12. The zero-order chi connectivity index (χ0) is 11.7. The van der Waals surface area contributed by atoms with Gasteiger partial charge in [-0.15, -0.1) is 0 Å². The summed E-state index contributed by atoms with van der Waals surface area (Å²) in [6.07, 6.45) is 5.39. The fourth-order valence-electron chi connectivity index (χ4n) is 3.36. The van der Waals surface area contributed by atoms with Crippen LogP contribution in [0.1, 0.15) is 31.2 Å². The van der Waals surface area contributed by atoms with E-state index in [1.54, 1.807) is 0 Å². The molecular weight excluding hydrogens is 208 g/mol. The number of benzene rings is 1. The molecule has 2 N–H and O–H groups in total. The first-order chi connectivity index (χ1) is 8.34. The van der Waals surface area contributed by atoms with Gasteiger partial charge in [-0.25, -0.2) is 0 Å². The summed E-state index contributed by atoms with van der Waals surface area (Å²) in [5, 5.41) is 0. The molecule has 0 bridgehead atoms. The van der Waals surface area contributed by atoms with Crippen molar-refractivity contribution in [1.29, 1.82) is 0 Å². The van der Waals surface area contributed by atoms with Crippen molar-refractivity contribution in [2.24, 2.45) is 11.1 Å². The third-order valence-electron chi connectivity index (χ3n) is 4.60. The summed E-state index contributed by atoms with van der Waals surface area (Å²) in [6, 6.07) is 11.6. The maximum absolute atomic E-state index is 5.98. The summed E-state index contributed by atoms with van der Waals surface area (Å²) in [4.78, 5) is 2.66. The summed E-state index contributed by atoms with van der Waals surface area (Å²) >= 11 is 0. The molecule has 2 fully saturated rings. The third-order valence-corrected chi connectivity index (χ3v) is 4.60. The minimum absolute atomic E-state index is 0.477. The Morgan fingerprint density at radius 1 is 1.24 bits per heavy atom. The molecule has 1 unspecified atom stereocenters. The van der Waals surface area contributed by atoms with Gasteiger partial charge in [0.25, 0.3) is 0 Å². The molecule has 0 spiro atoms. The summed E-state index contributed by atoms with van der Waals surface area (Å²) in [6.45, 7) is 3.23. The van der Waals surface area contributed by atoms with Crippen molar-refractivity contribution in [3.05, 3.63) is 35.9 Å². The van der Waals surface area contributed by atoms with Crippen molar-refractivity contribution >= 4 is 0 Å². The highest BCUT2D eigenvalue weighted by atomic mass is 15.2. The van der Waals surface area contributed by atoms with Crippen LogP contribution in [0.15, 0.2) is 30.3 Å². The van der Waals surface area contributed by atoms with E-state index in [9.17, 15) is 0 Å². The molecule has 1 saturated carbocycles. The number of hydrogen-bond donors (Lipinski definition) is 1. The number of hydrogen-bond acceptors (Lipinski definition) is 2. The predicted octanol–water partition coefficient (Wildman–Crippen LogP) is 2.39. The van der Waals surface area contributed by atoms with Gasteiger partial charge in [0.2, 0.25) is 0 Å². The Morgan fingerprint density at radius 3 is 2.65 bits per heavy atom. The summed E-state index contributed by atoms with van der Waals surface area (Å²) in [5.41, 5.74) is 7.89. The second-order valence-electron chi connectivity index (χ2n) is 5.68. The first-order valence-corrected chi connectivity index (χ1v) is 6.82. The fourth-order valence-corrected chi connectivity index (χ4v) is 3.36. The van der Waals surface area contributed by atoms with E-state index in [2.05, 4.69) is 35.2 Å². The van der Waals surface area contributed by atoms with Gasteiger partial charge in [0.05, 0.1) is 0 Å². The van der Waals surface area contributed by atoms with Crippen LogP contribution in [0.4, 0.5) is 0 Å². The molecule has 2 aliphatic rings. The average molecular weight is 230 g/mol. The van der Waals surface area contributed by atoms with Crippen LogP contribution >= 0.6 is 0 Å². The maximum Gasteiger partial charge on any atom is 0.0236 e. The van der Waals surface area contributed by atoms with Crippen LogP contribution in [0.3, 0.4) is 0 Å². The standard InChI is InChI=1S/C15H22N2/c16-12-15(8-9-15)14-7-4-10-17(14)11-13-5-2-1-3-6-13/h1-3,5-6,14H,4,7-12,16H2. The molecule has 1 heterocycles. The molecule has 1 aliphatic heterocycles. The van der Waals surface area contributed by atoms with Crippen molar-refractivity contribution in [1.82, 2.24) is 4.90 Å². The zero-order valence-electron chi connectivity index (χ0n) is 10.4. The van der Waals surface area contributed by atoms with E-state index in [0.717, 1.165) is 19.1 Å². The highest BCUT2D eigenvalue weighted by Crippen LogP contribution is 2.52. The van der Waals surface area contributed by atoms with Crippen molar-refractivity contribution in [3.8, 4) is 0 Å². The van der Waals surface area contributed by atoms with Crippen LogP contribution < -0.4 is 5.73 Å². The zero-order valence-corrected chi connectivity index (χ0v) is 10.4. The molecule has 2 heteroatoms. The minimum Gasteiger partial charge on any atom is -0.330 e. The van der Waals surface area contributed by atoms with Gasteiger partial charge >= 0.3 is 0 Å². The predicted molar refractivity (Wildman–Crippen MR) is 70.6 cm³/mol. The van der Waals surface area contributed by atoms with Gasteiger partial charge in [-0.05, 0) is 49.8 Å². The Bertz CT molecular complexity index is 370. The lowest BCUT2D eigenvalue weighted by Crippen LogP contribution is -2.40. The molecule has 1 atom stereocenters. The Hall–Kier alpha value is -0.860. The molecule has 0 aromatic heterocycles. The molecular formula is C15H22N2. The van der Waals surface area contributed by atoms with E-state index in [4.69, 9.17) is 5.73 Å². The van der Waals surface area contributed by atoms with Gasteiger partial charge in [-0.1, -0.05) is 30.3 Å². The van der Waals surface area contributed by atoms with Crippen molar-refractivity contribution in [2.45, 2.75) is 38.3 Å². The highest BCUT2D eigenvalue weighted by Gasteiger charge is 2.51. The van der Waals surface area contributed by atoms with Gasteiger partial charge in [0, 0.05) is 12.6 Å². The average Bonchev–Trinajstić information content (AvgIpc) is 3.04. The summed E-state index contributed by atoms with van der Waals surface area (Å²) < 4.78 is 0. The van der Waals surface area contributed by atoms with Crippen molar-refractivity contribution < 1.29 is 0 Å². The maximum atomic E-state index is 5.98.